The lowest BCUT2D eigenvalue weighted by atomic mass is 10.3. The molecule has 0 spiro atoms. The van der Waals surface area contributed by atoms with E-state index in [1.54, 1.807) is 24.9 Å². The second-order valence-corrected chi connectivity index (χ2v) is 2.73. The first-order valence-electron chi connectivity index (χ1n) is 3.83. The topological polar surface area (TPSA) is 46.9 Å². The van der Waals surface area contributed by atoms with Crippen LogP contribution in [0.3, 0.4) is 0 Å². The Bertz CT molecular complexity index is 330. The first-order valence-corrected chi connectivity index (χ1v) is 3.83. The Kier molecular flexibility index (Phi) is 2.60. The minimum atomic E-state index is 0.0249. The molecule has 0 fully saturated rings. The molecule has 0 saturated carbocycles. The van der Waals surface area contributed by atoms with Crippen molar-refractivity contribution < 1.29 is 0 Å². The molecule has 12 heavy (non-hydrogen) atoms. The molecule has 0 aromatic carbocycles. The van der Waals surface area contributed by atoms with Gasteiger partial charge in [-0.2, -0.15) is 0 Å². The van der Waals surface area contributed by atoms with Gasteiger partial charge in [-0.05, 0) is 14.0 Å². The van der Waals surface area contributed by atoms with Gasteiger partial charge in [0.1, 0.15) is 5.82 Å². The quantitative estimate of drug-likeness (QED) is 0.664. The second kappa shape index (κ2) is 3.49. The fourth-order valence-corrected chi connectivity index (χ4v) is 0.987. The van der Waals surface area contributed by atoms with E-state index in [1.165, 1.54) is 0 Å². The summed E-state index contributed by atoms with van der Waals surface area (Å²) in [5.41, 5.74) is 0.724. The Balaban J connectivity index is 3.18. The zero-order valence-corrected chi connectivity index (χ0v) is 7.59. The maximum atomic E-state index is 11.5. The van der Waals surface area contributed by atoms with Gasteiger partial charge in [-0.1, -0.05) is 0 Å². The van der Waals surface area contributed by atoms with Crippen LogP contribution in [-0.4, -0.2) is 16.6 Å². The van der Waals surface area contributed by atoms with Gasteiger partial charge in [-0.25, -0.2) is 4.98 Å². The number of hydrogen-bond acceptors (Lipinski definition) is 3. The van der Waals surface area contributed by atoms with E-state index in [1.807, 2.05) is 6.92 Å². The van der Waals surface area contributed by atoms with Gasteiger partial charge in [0.2, 0.25) is 0 Å². The van der Waals surface area contributed by atoms with Crippen LogP contribution in [0.4, 0.5) is 0 Å². The van der Waals surface area contributed by atoms with Crippen molar-refractivity contribution in [2.24, 2.45) is 7.05 Å². The molecule has 1 N–H and O–H groups in total. The lowest BCUT2D eigenvalue weighted by Gasteiger charge is -2.04. The third-order valence-electron chi connectivity index (χ3n) is 1.84. The maximum Gasteiger partial charge on any atom is 0.257 e. The number of aromatic nitrogens is 2. The van der Waals surface area contributed by atoms with E-state index in [9.17, 15) is 4.79 Å². The number of nitrogens with zero attached hydrogens (tertiary/aromatic N) is 2. The highest BCUT2D eigenvalue weighted by atomic mass is 16.1. The third kappa shape index (κ3) is 1.53. The lowest BCUT2D eigenvalue weighted by molar-refractivity contribution is 0.722. The van der Waals surface area contributed by atoms with E-state index in [2.05, 4.69) is 10.3 Å². The van der Waals surface area contributed by atoms with Gasteiger partial charge in [0, 0.05) is 25.4 Å². The summed E-state index contributed by atoms with van der Waals surface area (Å²) in [6.07, 6.45) is 1.62. The first-order chi connectivity index (χ1) is 5.66. The van der Waals surface area contributed by atoms with Crippen molar-refractivity contribution in [1.29, 1.82) is 0 Å². The smallest absolute Gasteiger partial charge is 0.257 e. The molecule has 1 heterocycles. The molecule has 4 nitrogen and oxygen atoms in total. The molecule has 4 heteroatoms. The predicted molar refractivity (Wildman–Crippen MR) is 47.0 cm³/mol. The summed E-state index contributed by atoms with van der Waals surface area (Å²) in [6.45, 7) is 2.38. The Hall–Kier alpha value is -1.16. The molecule has 0 aliphatic heterocycles. The fraction of sp³-hybridized carbons (Fsp3) is 0.500. The standard InChI is InChI=1S/C8H13N3O/c1-6-10-5-7(4-9-2)8(12)11(6)3/h5,9H,4H2,1-3H3. The lowest BCUT2D eigenvalue weighted by Crippen LogP contribution is -2.26. The largest absolute Gasteiger partial charge is 0.315 e. The van der Waals surface area contributed by atoms with Gasteiger partial charge in [0.25, 0.3) is 5.56 Å². The molecule has 0 aliphatic rings. The number of rotatable bonds is 2. The highest BCUT2D eigenvalue weighted by Gasteiger charge is 2.01. The Morgan fingerprint density at radius 2 is 2.33 bits per heavy atom. The van der Waals surface area contributed by atoms with Crippen LogP contribution in [0, 0.1) is 6.92 Å². The molecule has 1 aromatic heterocycles. The molecule has 1 rings (SSSR count). The highest BCUT2D eigenvalue weighted by Crippen LogP contribution is 1.90. The van der Waals surface area contributed by atoms with Crippen LogP contribution in [0.15, 0.2) is 11.0 Å². The van der Waals surface area contributed by atoms with E-state index < -0.39 is 0 Å². The molecule has 0 radical (unpaired) electrons. The summed E-state index contributed by atoms with van der Waals surface area (Å²) in [5.74, 6) is 0.736. The summed E-state index contributed by atoms with van der Waals surface area (Å²) in [5, 5.41) is 2.92. The Morgan fingerprint density at radius 1 is 1.67 bits per heavy atom. The molecule has 0 amide bonds. The number of nitrogens with one attached hydrogen (secondary N) is 1. The van der Waals surface area contributed by atoms with Gasteiger partial charge < -0.3 is 5.32 Å². The average molecular weight is 167 g/mol. The molecule has 0 atom stereocenters. The Labute approximate surface area is 71.3 Å². The van der Waals surface area contributed by atoms with Crippen LogP contribution >= 0.6 is 0 Å². The van der Waals surface area contributed by atoms with Crippen molar-refractivity contribution in [1.82, 2.24) is 14.9 Å². The van der Waals surface area contributed by atoms with E-state index in [4.69, 9.17) is 0 Å². The highest BCUT2D eigenvalue weighted by molar-refractivity contribution is 5.06. The molecule has 0 bridgehead atoms. The molecule has 66 valence electrons. The molecular weight excluding hydrogens is 154 g/mol. The van der Waals surface area contributed by atoms with Gasteiger partial charge in [-0.3, -0.25) is 9.36 Å². The van der Waals surface area contributed by atoms with Crippen LogP contribution in [0.1, 0.15) is 11.4 Å². The number of aryl methyl sites for hydroxylation is 1. The van der Waals surface area contributed by atoms with Gasteiger partial charge >= 0.3 is 0 Å². The summed E-state index contributed by atoms with van der Waals surface area (Å²) in [4.78, 5) is 15.5. The van der Waals surface area contributed by atoms with Crippen LogP contribution in [0.2, 0.25) is 0 Å². The number of hydrogen-bond donors (Lipinski definition) is 1. The third-order valence-corrected chi connectivity index (χ3v) is 1.84. The first kappa shape index (κ1) is 8.93. The van der Waals surface area contributed by atoms with Crippen molar-refractivity contribution in [3.63, 3.8) is 0 Å². The minimum absolute atomic E-state index is 0.0249. The second-order valence-electron chi connectivity index (χ2n) is 2.73. The van der Waals surface area contributed by atoms with Crippen molar-refractivity contribution in [3.05, 3.63) is 27.9 Å². The summed E-state index contributed by atoms with van der Waals surface area (Å²) in [7, 11) is 3.53. The molecule has 1 aromatic rings. The normalized spacial score (nSPS) is 10.2. The zero-order chi connectivity index (χ0) is 9.14. The zero-order valence-electron chi connectivity index (χ0n) is 7.59. The molecule has 0 aliphatic carbocycles. The molecular formula is C8H13N3O. The average Bonchev–Trinajstić information content (AvgIpc) is 2.07. The Morgan fingerprint density at radius 3 is 2.92 bits per heavy atom. The van der Waals surface area contributed by atoms with E-state index in [0.717, 1.165) is 5.82 Å². The summed E-state index contributed by atoms with van der Waals surface area (Å²) in [6, 6.07) is 0. The summed E-state index contributed by atoms with van der Waals surface area (Å²) >= 11 is 0. The monoisotopic (exact) mass is 167 g/mol. The molecule has 0 unspecified atom stereocenters. The van der Waals surface area contributed by atoms with E-state index in [0.29, 0.717) is 12.1 Å². The van der Waals surface area contributed by atoms with Gasteiger partial charge in [-0.15, -0.1) is 0 Å². The van der Waals surface area contributed by atoms with Crippen molar-refractivity contribution in [2.45, 2.75) is 13.5 Å². The predicted octanol–water partition coefficient (Wildman–Crippen LogP) is -0.192. The van der Waals surface area contributed by atoms with E-state index in [-0.39, 0.29) is 5.56 Å². The van der Waals surface area contributed by atoms with Crippen molar-refractivity contribution in [3.8, 4) is 0 Å². The van der Waals surface area contributed by atoms with E-state index >= 15 is 0 Å². The fourth-order valence-electron chi connectivity index (χ4n) is 0.987. The van der Waals surface area contributed by atoms with Crippen molar-refractivity contribution in [2.75, 3.05) is 7.05 Å². The van der Waals surface area contributed by atoms with Crippen LogP contribution in [0.25, 0.3) is 0 Å². The molecule has 0 saturated heterocycles. The van der Waals surface area contributed by atoms with Crippen LogP contribution in [0.5, 0.6) is 0 Å². The van der Waals surface area contributed by atoms with Crippen molar-refractivity contribution >= 4 is 0 Å². The maximum absolute atomic E-state index is 11.5. The van der Waals surface area contributed by atoms with Crippen LogP contribution < -0.4 is 10.9 Å². The van der Waals surface area contributed by atoms with Gasteiger partial charge in [0.15, 0.2) is 0 Å². The van der Waals surface area contributed by atoms with Gasteiger partial charge in [0.05, 0.1) is 0 Å². The van der Waals surface area contributed by atoms with Crippen LogP contribution in [-0.2, 0) is 13.6 Å². The minimum Gasteiger partial charge on any atom is -0.315 e. The summed E-state index contributed by atoms with van der Waals surface area (Å²) < 4.78 is 1.55. The SMILES string of the molecule is CNCc1cnc(C)n(C)c1=O.